The lowest BCUT2D eigenvalue weighted by atomic mass is 9.96. The first kappa shape index (κ1) is 29.8. The van der Waals surface area contributed by atoms with Crippen molar-refractivity contribution in [2.45, 2.75) is 38.0 Å². The number of hydrogen-bond donors (Lipinski definition) is 1. The van der Waals surface area contributed by atoms with E-state index in [0.29, 0.717) is 18.6 Å². The smallest absolute Gasteiger partial charge is 0.273 e. The van der Waals surface area contributed by atoms with E-state index in [-0.39, 0.29) is 32.6 Å². The van der Waals surface area contributed by atoms with Crippen molar-refractivity contribution in [3.63, 3.8) is 0 Å². The molecule has 0 saturated heterocycles. The SMILES string of the molecule is CCCC(=O)N(C)NC(=O)c1ccc(/C=C/C(c2cc(Cl)c(Cl)c(Cl)c2)C(F)(F)F)cc1C(F)(F)F. The predicted octanol–water partition coefficient (Wildman–Crippen LogP) is 7.93. The Morgan fingerprint density at radius 3 is 2.11 bits per heavy atom. The molecule has 13 heteroatoms. The molecule has 2 aromatic rings. The minimum atomic E-state index is -5.01. The summed E-state index contributed by atoms with van der Waals surface area (Å²) in [7, 11) is 1.19. The number of rotatable bonds is 6. The minimum absolute atomic E-state index is 0.0665. The van der Waals surface area contributed by atoms with Gasteiger partial charge in [-0.25, -0.2) is 0 Å². The second-order valence-corrected chi connectivity index (χ2v) is 8.82. The number of nitrogens with zero attached hydrogens (tertiary/aromatic N) is 1. The lowest BCUT2D eigenvalue weighted by Crippen LogP contribution is -2.43. The number of allylic oxidation sites excluding steroid dienone is 1. The number of nitrogens with one attached hydrogen (secondary N) is 1. The van der Waals surface area contributed by atoms with Crippen molar-refractivity contribution in [1.29, 1.82) is 0 Å². The summed E-state index contributed by atoms with van der Waals surface area (Å²) in [5.41, 5.74) is -0.759. The molecule has 0 aromatic heterocycles. The van der Waals surface area contributed by atoms with Gasteiger partial charge in [0, 0.05) is 13.5 Å². The van der Waals surface area contributed by atoms with Gasteiger partial charge in [-0.15, -0.1) is 0 Å². The molecule has 2 rings (SSSR count). The van der Waals surface area contributed by atoms with Crippen molar-refractivity contribution in [3.8, 4) is 0 Å². The minimum Gasteiger partial charge on any atom is -0.273 e. The van der Waals surface area contributed by atoms with Gasteiger partial charge in [-0.3, -0.25) is 20.0 Å². The van der Waals surface area contributed by atoms with Crippen LogP contribution in [0.1, 0.15) is 52.7 Å². The number of carbonyl (C=O) groups excluding carboxylic acids is 2. The molecule has 1 unspecified atom stereocenters. The Morgan fingerprint density at radius 1 is 1.03 bits per heavy atom. The monoisotopic (exact) mass is 574 g/mol. The number of amides is 2. The van der Waals surface area contributed by atoms with Crippen LogP contribution in [0.2, 0.25) is 15.1 Å². The molecule has 0 aliphatic rings. The first-order chi connectivity index (χ1) is 16.6. The van der Waals surface area contributed by atoms with Gasteiger partial charge < -0.3 is 0 Å². The lowest BCUT2D eigenvalue weighted by Gasteiger charge is -2.20. The van der Waals surface area contributed by atoms with Crippen molar-refractivity contribution < 1.29 is 35.9 Å². The maximum atomic E-state index is 13.7. The second-order valence-electron chi connectivity index (χ2n) is 7.62. The van der Waals surface area contributed by atoms with Gasteiger partial charge in [0.1, 0.15) is 0 Å². The van der Waals surface area contributed by atoms with Crippen molar-refractivity contribution in [2.75, 3.05) is 7.05 Å². The van der Waals surface area contributed by atoms with E-state index in [0.717, 1.165) is 35.4 Å². The van der Waals surface area contributed by atoms with Crippen LogP contribution in [0, 0.1) is 0 Å². The molecule has 0 heterocycles. The molecule has 0 spiro atoms. The molecule has 1 atom stereocenters. The number of alkyl halides is 6. The van der Waals surface area contributed by atoms with E-state index in [9.17, 15) is 35.9 Å². The standard InChI is InChI=1S/C23H19Cl3F6N2O2/c1-3-4-19(35)34(2)33-21(36)14-7-5-12(9-16(14)23(30,31)32)6-8-15(22(27,28)29)13-10-17(24)20(26)18(25)11-13/h5-11,15H,3-4H2,1-2H3,(H,33,36)/b8-6+. The molecule has 0 radical (unpaired) electrons. The van der Waals surface area contributed by atoms with E-state index < -0.39 is 41.2 Å². The van der Waals surface area contributed by atoms with E-state index in [4.69, 9.17) is 34.8 Å². The summed E-state index contributed by atoms with van der Waals surface area (Å²) in [6.45, 7) is 1.71. The lowest BCUT2D eigenvalue weighted by molar-refractivity contribution is -0.140. The Hall–Kier alpha value is -2.43. The summed E-state index contributed by atoms with van der Waals surface area (Å²) in [6, 6.07) is 4.32. The van der Waals surface area contributed by atoms with Gasteiger partial charge in [0.05, 0.1) is 32.1 Å². The molecule has 0 bridgehead atoms. The van der Waals surface area contributed by atoms with Crippen LogP contribution in [0.3, 0.4) is 0 Å². The fourth-order valence-corrected chi connectivity index (χ4v) is 3.74. The Morgan fingerprint density at radius 2 is 1.61 bits per heavy atom. The average Bonchev–Trinajstić information content (AvgIpc) is 2.76. The topological polar surface area (TPSA) is 49.4 Å². The quantitative estimate of drug-likeness (QED) is 0.216. The Kier molecular flexibility index (Phi) is 9.72. The molecule has 196 valence electrons. The summed E-state index contributed by atoms with van der Waals surface area (Å²) in [5, 5.41) is 0.186. The Labute approximate surface area is 217 Å². The van der Waals surface area contributed by atoms with Gasteiger partial charge in [0.2, 0.25) is 5.91 Å². The van der Waals surface area contributed by atoms with Crippen LogP contribution in [-0.2, 0) is 11.0 Å². The molecule has 2 amide bonds. The highest BCUT2D eigenvalue weighted by molar-refractivity contribution is 6.48. The fraction of sp³-hybridized carbons (Fsp3) is 0.304. The summed E-state index contributed by atoms with van der Waals surface area (Å²) in [5.74, 6) is -3.98. The van der Waals surface area contributed by atoms with Gasteiger partial charge >= 0.3 is 12.4 Å². The van der Waals surface area contributed by atoms with Crippen LogP contribution in [0.4, 0.5) is 26.3 Å². The number of benzene rings is 2. The van der Waals surface area contributed by atoms with Gasteiger partial charge in [-0.2, -0.15) is 26.3 Å². The molecule has 1 N–H and O–H groups in total. The molecule has 0 aliphatic carbocycles. The highest BCUT2D eigenvalue weighted by atomic mass is 35.5. The normalized spacial score (nSPS) is 13.1. The van der Waals surface area contributed by atoms with Crippen LogP contribution in [0.5, 0.6) is 0 Å². The van der Waals surface area contributed by atoms with Crippen LogP contribution < -0.4 is 5.43 Å². The molecule has 36 heavy (non-hydrogen) atoms. The molecular formula is C23H19Cl3F6N2O2. The van der Waals surface area contributed by atoms with Crippen LogP contribution in [0.15, 0.2) is 36.4 Å². The Balaban J connectivity index is 2.44. The van der Waals surface area contributed by atoms with Crippen molar-refractivity contribution in [2.24, 2.45) is 0 Å². The third-order valence-corrected chi connectivity index (χ3v) is 6.10. The van der Waals surface area contributed by atoms with E-state index in [1.165, 1.54) is 7.05 Å². The van der Waals surface area contributed by atoms with Crippen LogP contribution in [0.25, 0.3) is 6.08 Å². The third kappa shape index (κ3) is 7.54. The van der Waals surface area contributed by atoms with Crippen molar-refractivity contribution in [3.05, 3.63) is 73.7 Å². The number of hydrazine groups is 1. The van der Waals surface area contributed by atoms with Crippen molar-refractivity contribution >= 4 is 52.7 Å². The van der Waals surface area contributed by atoms with E-state index in [1.807, 2.05) is 0 Å². The fourth-order valence-electron chi connectivity index (χ4n) is 3.13. The average molecular weight is 576 g/mol. The zero-order chi connectivity index (χ0) is 27.4. The zero-order valence-electron chi connectivity index (χ0n) is 18.7. The van der Waals surface area contributed by atoms with Crippen LogP contribution in [-0.4, -0.2) is 30.0 Å². The van der Waals surface area contributed by atoms with Gasteiger partial charge in [-0.1, -0.05) is 59.9 Å². The zero-order valence-corrected chi connectivity index (χ0v) is 21.0. The highest BCUT2D eigenvalue weighted by Crippen LogP contribution is 2.41. The second kappa shape index (κ2) is 11.7. The first-order valence-corrected chi connectivity index (χ1v) is 11.4. The van der Waals surface area contributed by atoms with Crippen LogP contribution >= 0.6 is 34.8 Å². The van der Waals surface area contributed by atoms with Gasteiger partial charge in [-0.05, 0) is 41.8 Å². The maximum Gasteiger partial charge on any atom is 0.417 e. The van der Waals surface area contributed by atoms with E-state index in [1.54, 1.807) is 6.92 Å². The number of halogens is 9. The van der Waals surface area contributed by atoms with Crippen molar-refractivity contribution in [1.82, 2.24) is 10.4 Å². The predicted molar refractivity (Wildman–Crippen MR) is 126 cm³/mol. The largest absolute Gasteiger partial charge is 0.417 e. The molecule has 2 aromatic carbocycles. The molecule has 0 fully saturated rings. The molecular weight excluding hydrogens is 557 g/mol. The Bertz CT molecular complexity index is 1140. The third-order valence-electron chi connectivity index (χ3n) is 4.90. The van der Waals surface area contributed by atoms with E-state index >= 15 is 0 Å². The van der Waals surface area contributed by atoms with Gasteiger partial charge in [0.25, 0.3) is 5.91 Å². The first-order valence-electron chi connectivity index (χ1n) is 10.2. The number of carbonyl (C=O) groups is 2. The summed E-state index contributed by atoms with van der Waals surface area (Å²) < 4.78 is 82.2. The summed E-state index contributed by atoms with van der Waals surface area (Å²) in [6.07, 6.45) is -7.84. The highest BCUT2D eigenvalue weighted by Gasteiger charge is 2.40. The number of hydrogen-bond acceptors (Lipinski definition) is 2. The maximum absolute atomic E-state index is 13.7. The molecule has 0 saturated carbocycles. The van der Waals surface area contributed by atoms with E-state index in [2.05, 4.69) is 5.43 Å². The summed E-state index contributed by atoms with van der Waals surface area (Å²) >= 11 is 17.4. The molecule has 4 nitrogen and oxygen atoms in total. The van der Waals surface area contributed by atoms with Gasteiger partial charge in [0.15, 0.2) is 0 Å². The molecule has 0 aliphatic heterocycles. The summed E-state index contributed by atoms with van der Waals surface area (Å²) in [4.78, 5) is 24.2.